The zero-order valence-electron chi connectivity index (χ0n) is 11.5. The van der Waals surface area contributed by atoms with Crippen LogP contribution in [0.2, 0.25) is 0 Å². The molecule has 1 unspecified atom stereocenters. The van der Waals surface area contributed by atoms with Gasteiger partial charge in [0.2, 0.25) is 11.7 Å². The van der Waals surface area contributed by atoms with Crippen LogP contribution in [0.5, 0.6) is 0 Å². The van der Waals surface area contributed by atoms with Crippen molar-refractivity contribution in [2.75, 3.05) is 11.9 Å². The summed E-state index contributed by atoms with van der Waals surface area (Å²) in [4.78, 5) is 38.1. The van der Waals surface area contributed by atoms with Crippen LogP contribution in [0.15, 0.2) is 29.2 Å². The molecule has 3 rings (SSSR count). The van der Waals surface area contributed by atoms with Crippen LogP contribution in [-0.4, -0.2) is 32.8 Å². The number of carbonyl (C=O) groups is 1. The molecule has 0 bridgehead atoms. The topological polar surface area (TPSA) is 119 Å². The van der Waals surface area contributed by atoms with Crippen LogP contribution in [0.25, 0.3) is 5.65 Å². The molecule has 0 aromatic carbocycles. The fourth-order valence-electron chi connectivity index (χ4n) is 2.39. The van der Waals surface area contributed by atoms with Crippen molar-refractivity contribution >= 4 is 23.1 Å². The van der Waals surface area contributed by atoms with Crippen molar-refractivity contribution in [3.63, 3.8) is 0 Å². The molecule has 9 nitrogen and oxygen atoms in total. The van der Waals surface area contributed by atoms with Crippen molar-refractivity contribution in [3.05, 3.63) is 44.9 Å². The average molecular weight is 303 g/mol. The standard InChI is InChI=1S/C13H13N5O4/c19-10-5-4-8(7-14-10)15-12-11(18(21)22)13(20)17-6-2-1-3-9(17)16-12/h1-3,6,8,15H,4-5,7H2,(H,14,19). The third-order valence-corrected chi connectivity index (χ3v) is 3.50. The molecule has 114 valence electrons. The van der Waals surface area contributed by atoms with Crippen LogP contribution in [0.1, 0.15) is 12.8 Å². The maximum Gasteiger partial charge on any atom is 0.376 e. The van der Waals surface area contributed by atoms with Gasteiger partial charge in [-0.25, -0.2) is 4.98 Å². The van der Waals surface area contributed by atoms with Gasteiger partial charge in [-0.15, -0.1) is 0 Å². The SMILES string of the molecule is O=C1CCC(Nc2nc3ccccn3c(=O)c2[N+](=O)[O-])CN1. The first kappa shape index (κ1) is 14.0. The van der Waals surface area contributed by atoms with Gasteiger partial charge in [0.15, 0.2) is 0 Å². The fourth-order valence-corrected chi connectivity index (χ4v) is 2.39. The second-order valence-electron chi connectivity index (χ2n) is 4.98. The fraction of sp³-hybridized carbons (Fsp3) is 0.308. The molecule has 3 heterocycles. The lowest BCUT2D eigenvalue weighted by molar-refractivity contribution is -0.385. The highest BCUT2D eigenvalue weighted by atomic mass is 16.6. The minimum absolute atomic E-state index is 0.0564. The van der Waals surface area contributed by atoms with E-state index in [1.54, 1.807) is 18.2 Å². The molecular weight excluding hydrogens is 290 g/mol. The Labute approximate surface area is 124 Å². The number of amides is 1. The van der Waals surface area contributed by atoms with Crippen molar-refractivity contribution < 1.29 is 9.72 Å². The summed E-state index contributed by atoms with van der Waals surface area (Å²) in [6.07, 6.45) is 2.29. The van der Waals surface area contributed by atoms with E-state index in [4.69, 9.17) is 0 Å². The van der Waals surface area contributed by atoms with Gasteiger partial charge in [0, 0.05) is 25.2 Å². The Kier molecular flexibility index (Phi) is 3.45. The highest BCUT2D eigenvalue weighted by Crippen LogP contribution is 2.20. The van der Waals surface area contributed by atoms with E-state index in [0.29, 0.717) is 25.0 Å². The monoisotopic (exact) mass is 303 g/mol. The number of pyridine rings is 1. The number of anilines is 1. The predicted molar refractivity (Wildman–Crippen MR) is 77.8 cm³/mol. The first-order chi connectivity index (χ1) is 10.6. The van der Waals surface area contributed by atoms with Gasteiger partial charge in [-0.05, 0) is 18.6 Å². The molecule has 22 heavy (non-hydrogen) atoms. The molecule has 2 aromatic heterocycles. The highest BCUT2D eigenvalue weighted by Gasteiger charge is 2.26. The largest absolute Gasteiger partial charge is 0.376 e. The van der Waals surface area contributed by atoms with Crippen molar-refractivity contribution in [1.29, 1.82) is 0 Å². The molecule has 1 amide bonds. The van der Waals surface area contributed by atoms with Crippen LogP contribution in [0, 0.1) is 10.1 Å². The minimum atomic E-state index is -0.738. The summed E-state index contributed by atoms with van der Waals surface area (Å²) in [7, 11) is 0. The highest BCUT2D eigenvalue weighted by molar-refractivity contribution is 5.77. The number of rotatable bonds is 3. The number of hydrogen-bond acceptors (Lipinski definition) is 6. The summed E-state index contributed by atoms with van der Waals surface area (Å²) in [6.45, 7) is 0.339. The summed E-state index contributed by atoms with van der Waals surface area (Å²) < 4.78 is 1.13. The van der Waals surface area contributed by atoms with Gasteiger partial charge in [-0.3, -0.25) is 24.1 Å². The summed E-state index contributed by atoms with van der Waals surface area (Å²) in [5.41, 5.74) is -1.01. The second-order valence-corrected chi connectivity index (χ2v) is 4.98. The minimum Gasteiger partial charge on any atom is -0.360 e. The Morgan fingerprint density at radius 3 is 2.91 bits per heavy atom. The van der Waals surface area contributed by atoms with E-state index in [1.165, 1.54) is 6.20 Å². The lowest BCUT2D eigenvalue weighted by Gasteiger charge is -2.23. The smallest absolute Gasteiger partial charge is 0.360 e. The Morgan fingerprint density at radius 2 is 2.23 bits per heavy atom. The van der Waals surface area contributed by atoms with E-state index in [1.807, 2.05) is 0 Å². The number of nitrogens with zero attached hydrogens (tertiary/aromatic N) is 3. The zero-order chi connectivity index (χ0) is 15.7. The van der Waals surface area contributed by atoms with E-state index in [0.717, 1.165) is 4.40 Å². The van der Waals surface area contributed by atoms with Crippen LogP contribution in [0.4, 0.5) is 11.5 Å². The third kappa shape index (κ3) is 2.48. The summed E-state index contributed by atoms with van der Waals surface area (Å²) in [5, 5.41) is 16.8. The summed E-state index contributed by atoms with van der Waals surface area (Å²) >= 11 is 0. The Bertz CT molecular complexity index is 806. The molecule has 2 aromatic rings. The van der Waals surface area contributed by atoms with Crippen LogP contribution < -0.4 is 16.2 Å². The quantitative estimate of drug-likeness (QED) is 0.621. The van der Waals surface area contributed by atoms with Crippen molar-refractivity contribution in [2.24, 2.45) is 0 Å². The van der Waals surface area contributed by atoms with Gasteiger partial charge < -0.3 is 10.6 Å². The molecule has 1 aliphatic heterocycles. The number of aromatic nitrogens is 2. The maximum absolute atomic E-state index is 12.3. The lowest BCUT2D eigenvalue weighted by Crippen LogP contribution is -2.42. The second kappa shape index (κ2) is 5.43. The van der Waals surface area contributed by atoms with Crippen molar-refractivity contribution in [1.82, 2.24) is 14.7 Å². The lowest BCUT2D eigenvalue weighted by atomic mass is 10.1. The Hall–Kier alpha value is -2.97. The first-order valence-electron chi connectivity index (χ1n) is 6.75. The normalized spacial score (nSPS) is 18.0. The van der Waals surface area contributed by atoms with Crippen molar-refractivity contribution in [3.8, 4) is 0 Å². The zero-order valence-corrected chi connectivity index (χ0v) is 11.5. The summed E-state index contributed by atoms with van der Waals surface area (Å²) in [5.74, 6) is -0.124. The van der Waals surface area contributed by atoms with Crippen LogP contribution >= 0.6 is 0 Å². The molecular formula is C13H13N5O4. The van der Waals surface area contributed by atoms with Gasteiger partial charge in [0.25, 0.3) is 0 Å². The van der Waals surface area contributed by atoms with Gasteiger partial charge in [-0.2, -0.15) is 0 Å². The number of carbonyl (C=O) groups excluding carboxylic acids is 1. The Balaban J connectivity index is 2.04. The predicted octanol–water partition coefficient (Wildman–Crippen LogP) is 0.293. The van der Waals surface area contributed by atoms with Crippen molar-refractivity contribution in [2.45, 2.75) is 18.9 Å². The van der Waals surface area contributed by atoms with Crippen LogP contribution in [0.3, 0.4) is 0 Å². The third-order valence-electron chi connectivity index (χ3n) is 3.50. The van der Waals surface area contributed by atoms with E-state index in [9.17, 15) is 19.7 Å². The molecule has 1 aliphatic rings. The van der Waals surface area contributed by atoms with E-state index in [-0.39, 0.29) is 17.8 Å². The molecule has 2 N–H and O–H groups in total. The van der Waals surface area contributed by atoms with Crippen LogP contribution in [-0.2, 0) is 4.79 Å². The number of fused-ring (bicyclic) bond motifs is 1. The van der Waals surface area contributed by atoms with E-state index >= 15 is 0 Å². The molecule has 0 aliphatic carbocycles. The number of piperidine rings is 1. The number of hydrogen-bond donors (Lipinski definition) is 2. The molecule has 1 saturated heterocycles. The number of nitrogens with one attached hydrogen (secondary N) is 2. The van der Waals surface area contributed by atoms with E-state index < -0.39 is 16.2 Å². The summed E-state index contributed by atoms with van der Waals surface area (Å²) in [6, 6.07) is 4.69. The maximum atomic E-state index is 12.3. The van der Waals surface area contributed by atoms with Gasteiger partial charge in [0.1, 0.15) is 5.65 Å². The van der Waals surface area contributed by atoms with E-state index in [2.05, 4.69) is 15.6 Å². The molecule has 0 spiro atoms. The van der Waals surface area contributed by atoms with Gasteiger partial charge in [-0.1, -0.05) is 6.07 Å². The number of nitro groups is 1. The molecule has 0 saturated carbocycles. The average Bonchev–Trinajstić information content (AvgIpc) is 2.49. The van der Waals surface area contributed by atoms with Gasteiger partial charge in [0.05, 0.1) is 4.92 Å². The first-order valence-corrected chi connectivity index (χ1v) is 6.75. The molecule has 1 fully saturated rings. The van der Waals surface area contributed by atoms with Gasteiger partial charge >= 0.3 is 11.2 Å². The molecule has 0 radical (unpaired) electrons. The molecule has 9 heteroatoms. The Morgan fingerprint density at radius 1 is 1.41 bits per heavy atom. The molecule has 1 atom stereocenters.